The van der Waals surface area contributed by atoms with Crippen LogP contribution in [0.5, 0.6) is 0 Å². The minimum absolute atomic E-state index is 0.241. The highest BCUT2D eigenvalue weighted by atomic mass is 16.3. The minimum atomic E-state index is 0.241. The summed E-state index contributed by atoms with van der Waals surface area (Å²) in [5.41, 5.74) is 14.9. The van der Waals surface area contributed by atoms with Crippen molar-refractivity contribution >= 4 is 54.9 Å². The van der Waals surface area contributed by atoms with Gasteiger partial charge in [-0.3, -0.25) is 4.57 Å². The molecule has 3 aromatic heterocycles. The predicted octanol–water partition coefficient (Wildman–Crippen LogP) is 14.1. The van der Waals surface area contributed by atoms with Gasteiger partial charge in [0.2, 0.25) is 0 Å². The van der Waals surface area contributed by atoms with E-state index in [9.17, 15) is 0 Å². The molecule has 7 aromatic carbocycles. The third-order valence-corrected chi connectivity index (χ3v) is 10.8. The molecule has 0 spiro atoms. The number of fused-ring (bicyclic) bond motifs is 7. The molecule has 256 valence electrons. The van der Waals surface area contributed by atoms with Gasteiger partial charge in [0.05, 0.1) is 22.3 Å². The summed E-state index contributed by atoms with van der Waals surface area (Å²) in [6.45, 7) is 9.16. The van der Waals surface area contributed by atoms with E-state index in [2.05, 4.69) is 160 Å². The number of imidazole rings is 1. The topological polar surface area (TPSA) is 44.1 Å². The van der Waals surface area contributed by atoms with Crippen LogP contribution >= 0.6 is 0 Å². The summed E-state index contributed by atoms with van der Waals surface area (Å²) >= 11 is 0. The van der Waals surface area contributed by atoms with Crippen LogP contribution in [0.25, 0.3) is 94.2 Å². The molecule has 10 aromatic rings. The zero-order chi connectivity index (χ0) is 35.8. The monoisotopic (exact) mass is 686 g/mol. The zero-order valence-electron chi connectivity index (χ0n) is 30.2. The van der Waals surface area contributed by atoms with Gasteiger partial charge in [0.1, 0.15) is 28.2 Å². The fourth-order valence-corrected chi connectivity index (χ4v) is 8.11. The fraction of sp³-hybridized carbons (Fsp3) is 0.122. The van der Waals surface area contributed by atoms with Gasteiger partial charge in [-0.25, -0.2) is 4.98 Å². The maximum atomic E-state index is 6.81. The van der Waals surface area contributed by atoms with Crippen molar-refractivity contribution in [3.8, 4) is 39.3 Å². The van der Waals surface area contributed by atoms with Crippen LogP contribution in [0.15, 0.2) is 154 Å². The zero-order valence-corrected chi connectivity index (χ0v) is 30.2. The fourth-order valence-electron chi connectivity index (χ4n) is 8.11. The van der Waals surface area contributed by atoms with Crippen molar-refractivity contribution in [1.82, 2.24) is 9.55 Å². The molecule has 0 N–H and O–H groups in total. The van der Waals surface area contributed by atoms with E-state index in [1.54, 1.807) is 0 Å². The van der Waals surface area contributed by atoms with Gasteiger partial charge in [0.15, 0.2) is 0 Å². The summed E-state index contributed by atoms with van der Waals surface area (Å²) in [4.78, 5) is 5.37. The van der Waals surface area contributed by atoms with E-state index in [0.29, 0.717) is 0 Å². The average molecular weight is 687 g/mol. The molecule has 0 fully saturated rings. The van der Waals surface area contributed by atoms with Crippen molar-refractivity contribution in [2.24, 2.45) is 0 Å². The summed E-state index contributed by atoms with van der Waals surface area (Å²) in [5.74, 6) is 1.36. The van der Waals surface area contributed by atoms with Gasteiger partial charge in [-0.05, 0) is 106 Å². The summed E-state index contributed by atoms with van der Waals surface area (Å²) in [5, 5.41) is 4.46. The standard InChI is InChI=1S/C49H38N2O2/c1-29(2)40-25-34(33-22-23-36-35-15-8-11-20-44(35)52-45(36)28-33)26-41(30(3)4)47(40)51-43-19-10-9-18-42(43)50-49(51)39-17-12-16-38-37-24-21-32(27-46(37)53-48(38)39)31-13-6-5-7-14-31/h5-30H,1-4H3. The second kappa shape index (κ2) is 12.1. The first-order valence-corrected chi connectivity index (χ1v) is 18.5. The molecule has 0 unspecified atom stereocenters. The third kappa shape index (κ3) is 5.01. The van der Waals surface area contributed by atoms with E-state index in [0.717, 1.165) is 77.4 Å². The second-order valence-electron chi connectivity index (χ2n) is 14.7. The lowest BCUT2D eigenvalue weighted by Gasteiger charge is -2.24. The highest BCUT2D eigenvalue weighted by Crippen LogP contribution is 2.43. The molecule has 0 aliphatic heterocycles. The van der Waals surface area contributed by atoms with Gasteiger partial charge in [-0.2, -0.15) is 0 Å². The number of nitrogens with zero attached hydrogens (tertiary/aromatic N) is 2. The van der Waals surface area contributed by atoms with Crippen LogP contribution in [0, 0.1) is 0 Å². The Morgan fingerprint density at radius 1 is 0.472 bits per heavy atom. The normalized spacial score (nSPS) is 12.1. The molecule has 3 heterocycles. The highest BCUT2D eigenvalue weighted by molar-refractivity contribution is 6.10. The quantitative estimate of drug-likeness (QED) is 0.175. The maximum Gasteiger partial charge on any atom is 0.149 e. The Bertz CT molecular complexity index is 2980. The molecule has 0 aliphatic rings. The first kappa shape index (κ1) is 31.4. The number of furan rings is 2. The van der Waals surface area contributed by atoms with Gasteiger partial charge in [-0.15, -0.1) is 0 Å². The number of para-hydroxylation sites is 4. The first-order valence-electron chi connectivity index (χ1n) is 18.5. The SMILES string of the molecule is CC(C)c1cc(-c2ccc3c(c2)oc2ccccc23)cc(C(C)C)c1-n1c(-c2cccc3c2oc2cc(-c4ccccc4)ccc23)nc2ccccc21. The Morgan fingerprint density at radius 3 is 1.83 bits per heavy atom. The van der Waals surface area contributed by atoms with Crippen molar-refractivity contribution in [2.75, 3.05) is 0 Å². The average Bonchev–Trinajstić information content (AvgIpc) is 3.88. The molecule has 0 aliphatic carbocycles. The van der Waals surface area contributed by atoms with E-state index in [1.807, 2.05) is 18.2 Å². The number of aromatic nitrogens is 2. The van der Waals surface area contributed by atoms with Crippen LogP contribution in [0.2, 0.25) is 0 Å². The van der Waals surface area contributed by atoms with Crippen molar-refractivity contribution in [1.29, 1.82) is 0 Å². The number of rotatable bonds is 6. The van der Waals surface area contributed by atoms with Crippen LogP contribution < -0.4 is 0 Å². The Kier molecular flexibility index (Phi) is 7.16. The van der Waals surface area contributed by atoms with Crippen LogP contribution in [0.1, 0.15) is 50.7 Å². The van der Waals surface area contributed by atoms with Crippen molar-refractivity contribution in [2.45, 2.75) is 39.5 Å². The largest absolute Gasteiger partial charge is 0.456 e. The molecule has 0 amide bonds. The molecule has 0 saturated heterocycles. The number of benzene rings is 7. The van der Waals surface area contributed by atoms with Gasteiger partial charge in [0, 0.05) is 21.5 Å². The lowest BCUT2D eigenvalue weighted by molar-refractivity contribution is 0.669. The Balaban J connectivity index is 1.21. The summed E-state index contributed by atoms with van der Waals surface area (Å²) in [6, 6.07) is 51.6. The number of hydrogen-bond acceptors (Lipinski definition) is 3. The Labute approximate surface area is 307 Å². The molecule has 0 radical (unpaired) electrons. The minimum Gasteiger partial charge on any atom is -0.456 e. The number of hydrogen-bond donors (Lipinski definition) is 0. The smallest absolute Gasteiger partial charge is 0.149 e. The Morgan fingerprint density at radius 2 is 1.08 bits per heavy atom. The van der Waals surface area contributed by atoms with Crippen LogP contribution in [-0.4, -0.2) is 9.55 Å². The van der Waals surface area contributed by atoms with Gasteiger partial charge in [0.25, 0.3) is 0 Å². The lowest BCUT2D eigenvalue weighted by Crippen LogP contribution is -2.09. The van der Waals surface area contributed by atoms with Crippen LogP contribution in [-0.2, 0) is 0 Å². The van der Waals surface area contributed by atoms with E-state index in [4.69, 9.17) is 13.8 Å². The molecular formula is C49H38N2O2. The molecule has 0 saturated carbocycles. The maximum absolute atomic E-state index is 6.81. The van der Waals surface area contributed by atoms with Crippen LogP contribution in [0.4, 0.5) is 0 Å². The summed E-state index contributed by atoms with van der Waals surface area (Å²) < 4.78 is 15.5. The van der Waals surface area contributed by atoms with Crippen molar-refractivity contribution in [3.63, 3.8) is 0 Å². The van der Waals surface area contributed by atoms with Crippen molar-refractivity contribution < 1.29 is 8.83 Å². The van der Waals surface area contributed by atoms with E-state index in [1.165, 1.54) is 27.9 Å². The predicted molar refractivity (Wildman–Crippen MR) is 220 cm³/mol. The van der Waals surface area contributed by atoms with Crippen LogP contribution in [0.3, 0.4) is 0 Å². The molecule has 4 heteroatoms. The van der Waals surface area contributed by atoms with E-state index in [-0.39, 0.29) is 11.8 Å². The molecule has 0 bridgehead atoms. The highest BCUT2D eigenvalue weighted by Gasteiger charge is 2.25. The van der Waals surface area contributed by atoms with E-state index >= 15 is 0 Å². The summed E-state index contributed by atoms with van der Waals surface area (Å²) in [6.07, 6.45) is 0. The molecule has 10 rings (SSSR count). The van der Waals surface area contributed by atoms with E-state index < -0.39 is 0 Å². The third-order valence-electron chi connectivity index (χ3n) is 10.8. The lowest BCUT2D eigenvalue weighted by atomic mass is 9.88. The van der Waals surface area contributed by atoms with Gasteiger partial charge >= 0.3 is 0 Å². The summed E-state index contributed by atoms with van der Waals surface area (Å²) in [7, 11) is 0. The first-order chi connectivity index (χ1) is 25.9. The molecular weight excluding hydrogens is 649 g/mol. The second-order valence-corrected chi connectivity index (χ2v) is 14.7. The molecule has 53 heavy (non-hydrogen) atoms. The Hall–Kier alpha value is -6.39. The van der Waals surface area contributed by atoms with Crippen molar-refractivity contribution in [3.05, 3.63) is 157 Å². The van der Waals surface area contributed by atoms with Gasteiger partial charge in [-0.1, -0.05) is 113 Å². The van der Waals surface area contributed by atoms with Gasteiger partial charge < -0.3 is 8.83 Å². The molecule has 4 nitrogen and oxygen atoms in total. The molecule has 0 atom stereocenters.